The molecule has 30 heavy (non-hydrogen) atoms. The highest BCUT2D eigenvalue weighted by molar-refractivity contribution is 5.83. The van der Waals surface area contributed by atoms with Gasteiger partial charge in [0.1, 0.15) is 6.54 Å². The second-order valence-electron chi connectivity index (χ2n) is 8.12. The van der Waals surface area contributed by atoms with Gasteiger partial charge in [0.15, 0.2) is 5.65 Å². The van der Waals surface area contributed by atoms with Gasteiger partial charge >= 0.3 is 5.69 Å². The van der Waals surface area contributed by atoms with Crippen LogP contribution >= 0.6 is 0 Å². The van der Waals surface area contributed by atoms with Gasteiger partial charge in [-0.25, -0.2) is 9.78 Å². The number of pyridine rings is 1. The van der Waals surface area contributed by atoms with E-state index >= 15 is 0 Å². The zero-order valence-corrected chi connectivity index (χ0v) is 17.1. The van der Waals surface area contributed by atoms with Crippen molar-refractivity contribution in [1.29, 1.82) is 0 Å². The lowest BCUT2D eigenvalue weighted by molar-refractivity contribution is -0.133. The Balaban J connectivity index is 1.24. The fraction of sp³-hybridized carbons (Fsp3) is 0.348. The smallest absolute Gasteiger partial charge is 0.330 e. The lowest BCUT2D eigenvalue weighted by Gasteiger charge is -2.32. The Kier molecular flexibility index (Phi) is 4.65. The van der Waals surface area contributed by atoms with Crippen LogP contribution in [-0.4, -0.2) is 42.6 Å². The van der Waals surface area contributed by atoms with Crippen LogP contribution in [-0.2, 0) is 24.9 Å². The molecule has 0 saturated carbocycles. The first-order valence-electron chi connectivity index (χ1n) is 10.4. The number of benzene rings is 1. The summed E-state index contributed by atoms with van der Waals surface area (Å²) in [4.78, 5) is 31.8. The summed E-state index contributed by atoms with van der Waals surface area (Å²) in [5.41, 5.74) is 2.65. The van der Waals surface area contributed by atoms with Crippen molar-refractivity contribution in [2.24, 2.45) is 13.0 Å². The second kappa shape index (κ2) is 7.48. The molecular weight excluding hydrogens is 378 g/mol. The van der Waals surface area contributed by atoms with Crippen LogP contribution in [0.4, 0.5) is 0 Å². The van der Waals surface area contributed by atoms with Crippen LogP contribution < -0.4 is 5.69 Å². The molecule has 1 amide bonds. The Bertz CT molecular complexity index is 1270. The summed E-state index contributed by atoms with van der Waals surface area (Å²) >= 11 is 0. The Morgan fingerprint density at radius 1 is 1.07 bits per heavy atom. The molecule has 0 N–H and O–H groups in total. The number of nitrogens with zero attached hydrogens (tertiary/aromatic N) is 5. The SMILES string of the molecule is Cn1c(=O)n(CC2CCN(C(=O)Cn3ccc4ccccc43)CC2)c2ncccc21. The number of amides is 1. The van der Waals surface area contributed by atoms with Crippen LogP contribution in [0.15, 0.2) is 59.7 Å². The molecule has 0 spiro atoms. The Hall–Kier alpha value is -3.35. The number of carbonyl (C=O) groups excluding carboxylic acids is 1. The molecule has 1 aliphatic rings. The molecule has 0 unspecified atom stereocenters. The third-order valence-electron chi connectivity index (χ3n) is 6.29. The highest BCUT2D eigenvalue weighted by atomic mass is 16.2. The van der Waals surface area contributed by atoms with Crippen molar-refractivity contribution < 1.29 is 4.79 Å². The molecule has 154 valence electrons. The van der Waals surface area contributed by atoms with E-state index in [4.69, 9.17) is 0 Å². The quantitative estimate of drug-likeness (QED) is 0.526. The summed E-state index contributed by atoms with van der Waals surface area (Å²) in [5, 5.41) is 1.15. The number of hydrogen-bond acceptors (Lipinski definition) is 3. The Labute approximate surface area is 174 Å². The summed E-state index contributed by atoms with van der Waals surface area (Å²) < 4.78 is 5.46. The number of rotatable bonds is 4. The van der Waals surface area contributed by atoms with Gasteiger partial charge in [0.2, 0.25) is 5.91 Å². The lowest BCUT2D eigenvalue weighted by atomic mass is 9.96. The van der Waals surface area contributed by atoms with Gasteiger partial charge in [-0.2, -0.15) is 0 Å². The van der Waals surface area contributed by atoms with Crippen molar-refractivity contribution in [2.45, 2.75) is 25.9 Å². The maximum atomic E-state index is 12.8. The monoisotopic (exact) mass is 403 g/mol. The van der Waals surface area contributed by atoms with Crippen molar-refractivity contribution in [2.75, 3.05) is 13.1 Å². The van der Waals surface area contributed by atoms with Gasteiger partial charge in [0, 0.05) is 44.6 Å². The molecule has 1 saturated heterocycles. The van der Waals surface area contributed by atoms with E-state index in [-0.39, 0.29) is 11.6 Å². The predicted molar refractivity (Wildman–Crippen MR) is 116 cm³/mol. The molecule has 1 fully saturated rings. The molecule has 0 radical (unpaired) electrons. The number of fused-ring (bicyclic) bond motifs is 2. The van der Waals surface area contributed by atoms with Crippen LogP contribution in [0.5, 0.6) is 0 Å². The third-order valence-corrected chi connectivity index (χ3v) is 6.29. The largest absolute Gasteiger partial charge is 0.341 e. The first kappa shape index (κ1) is 18.7. The van der Waals surface area contributed by atoms with E-state index < -0.39 is 0 Å². The molecule has 1 aromatic carbocycles. The lowest BCUT2D eigenvalue weighted by Crippen LogP contribution is -2.41. The summed E-state index contributed by atoms with van der Waals surface area (Å²) in [6.07, 6.45) is 5.50. The van der Waals surface area contributed by atoms with E-state index in [9.17, 15) is 9.59 Å². The normalized spacial score (nSPS) is 15.3. The van der Waals surface area contributed by atoms with Gasteiger partial charge in [-0.05, 0) is 48.4 Å². The predicted octanol–water partition coefficient (Wildman–Crippen LogP) is 2.63. The van der Waals surface area contributed by atoms with E-state index in [1.165, 1.54) is 0 Å². The minimum atomic E-state index is -0.0262. The minimum absolute atomic E-state index is 0.0262. The standard InChI is InChI=1S/C23H25N5O2/c1-25-20-7-4-11-24-22(20)28(23(25)30)15-17-8-12-26(13-9-17)21(29)16-27-14-10-18-5-2-3-6-19(18)27/h2-7,10-11,14,17H,8-9,12-13,15-16H2,1H3. The zero-order chi connectivity index (χ0) is 20.7. The molecule has 7 heteroatoms. The van der Waals surface area contributed by atoms with E-state index in [0.717, 1.165) is 48.0 Å². The first-order chi connectivity index (χ1) is 14.6. The number of piperidine rings is 1. The van der Waals surface area contributed by atoms with Gasteiger partial charge in [0.05, 0.1) is 5.52 Å². The molecule has 0 bridgehead atoms. The number of hydrogen-bond donors (Lipinski definition) is 0. The fourth-order valence-corrected chi connectivity index (χ4v) is 4.54. The van der Waals surface area contributed by atoms with Gasteiger partial charge in [-0.1, -0.05) is 18.2 Å². The van der Waals surface area contributed by atoms with Gasteiger partial charge in [-0.15, -0.1) is 0 Å². The van der Waals surface area contributed by atoms with Crippen molar-refractivity contribution in [1.82, 2.24) is 23.6 Å². The first-order valence-corrected chi connectivity index (χ1v) is 10.4. The number of carbonyl (C=O) groups is 1. The molecule has 4 aromatic rings. The van der Waals surface area contributed by atoms with Gasteiger partial charge < -0.3 is 9.47 Å². The maximum Gasteiger partial charge on any atom is 0.330 e. The second-order valence-corrected chi connectivity index (χ2v) is 8.12. The molecule has 0 atom stereocenters. The highest BCUT2D eigenvalue weighted by Crippen LogP contribution is 2.22. The van der Waals surface area contributed by atoms with Gasteiger partial charge in [-0.3, -0.25) is 13.9 Å². The third kappa shape index (κ3) is 3.20. The van der Waals surface area contributed by atoms with Crippen molar-refractivity contribution >= 4 is 28.0 Å². The van der Waals surface area contributed by atoms with Crippen molar-refractivity contribution in [3.63, 3.8) is 0 Å². The van der Waals surface area contributed by atoms with Crippen LogP contribution in [0.3, 0.4) is 0 Å². The number of para-hydroxylation sites is 1. The van der Waals surface area contributed by atoms with Crippen LogP contribution in [0.2, 0.25) is 0 Å². The van der Waals surface area contributed by atoms with E-state index in [1.54, 1.807) is 22.4 Å². The average molecular weight is 403 g/mol. The molecule has 5 rings (SSSR count). The molecule has 0 aliphatic carbocycles. The van der Waals surface area contributed by atoms with Crippen molar-refractivity contribution in [3.05, 3.63) is 65.3 Å². The van der Waals surface area contributed by atoms with Crippen LogP contribution in [0.25, 0.3) is 22.1 Å². The number of aromatic nitrogens is 4. The fourth-order valence-electron chi connectivity index (χ4n) is 4.54. The van der Waals surface area contributed by atoms with Gasteiger partial charge in [0.25, 0.3) is 0 Å². The Morgan fingerprint density at radius 3 is 2.67 bits per heavy atom. The summed E-state index contributed by atoms with van der Waals surface area (Å²) in [5.74, 6) is 0.519. The Morgan fingerprint density at radius 2 is 1.83 bits per heavy atom. The molecule has 7 nitrogen and oxygen atoms in total. The average Bonchev–Trinajstić information content (AvgIpc) is 3.29. The van der Waals surface area contributed by atoms with Crippen LogP contribution in [0.1, 0.15) is 12.8 Å². The summed E-state index contributed by atoms with van der Waals surface area (Å²) in [6, 6.07) is 13.9. The maximum absolute atomic E-state index is 12.8. The summed E-state index contributed by atoms with van der Waals surface area (Å²) in [7, 11) is 1.79. The van der Waals surface area contributed by atoms with E-state index in [1.807, 2.05) is 52.1 Å². The molecule has 3 aromatic heterocycles. The number of imidazole rings is 1. The molecular formula is C23H25N5O2. The van der Waals surface area contributed by atoms with Crippen molar-refractivity contribution in [3.8, 4) is 0 Å². The van der Waals surface area contributed by atoms with E-state index in [2.05, 4.69) is 11.1 Å². The zero-order valence-electron chi connectivity index (χ0n) is 17.1. The summed E-state index contributed by atoms with van der Waals surface area (Å²) in [6.45, 7) is 2.48. The van der Waals surface area contributed by atoms with E-state index in [0.29, 0.717) is 19.0 Å². The highest BCUT2D eigenvalue weighted by Gasteiger charge is 2.25. The molecule has 1 aliphatic heterocycles. The number of aryl methyl sites for hydroxylation is 1. The topological polar surface area (TPSA) is 65.1 Å². The minimum Gasteiger partial charge on any atom is -0.341 e. The number of likely N-dealkylation sites (tertiary alicyclic amines) is 1. The molecule has 4 heterocycles. The van der Waals surface area contributed by atoms with Crippen LogP contribution in [0, 0.1) is 5.92 Å².